The molecule has 0 bridgehead atoms. The van der Waals surface area contributed by atoms with Gasteiger partial charge in [-0.1, -0.05) is 63.1 Å². The Morgan fingerprint density at radius 2 is 1.00 bits per heavy atom. The maximum absolute atomic E-state index is 2.32. The van der Waals surface area contributed by atoms with E-state index < -0.39 is 0 Å². The first-order valence-electron chi connectivity index (χ1n) is 6.86. The molecule has 0 heterocycles. The van der Waals surface area contributed by atoms with Crippen LogP contribution in [0.4, 0.5) is 0 Å². The van der Waals surface area contributed by atoms with Crippen LogP contribution < -0.4 is 0 Å². The summed E-state index contributed by atoms with van der Waals surface area (Å²) in [6.07, 6.45) is 23.6. The molecule has 0 aliphatic heterocycles. The fraction of sp³-hybridized carbons (Fsp3) is 0.625. The van der Waals surface area contributed by atoms with E-state index in [1.807, 2.05) is 0 Å². The molecule has 16 heavy (non-hydrogen) atoms. The van der Waals surface area contributed by atoms with Gasteiger partial charge >= 0.3 is 0 Å². The van der Waals surface area contributed by atoms with Crippen molar-refractivity contribution < 1.29 is 0 Å². The lowest BCUT2D eigenvalue weighted by atomic mass is 10.2. The van der Waals surface area contributed by atoms with Crippen molar-refractivity contribution in [1.82, 2.24) is 0 Å². The normalized spacial score (nSPS) is 12.4. The van der Waals surface area contributed by atoms with Crippen LogP contribution in [0.25, 0.3) is 0 Å². The van der Waals surface area contributed by atoms with E-state index >= 15 is 0 Å². The zero-order chi connectivity index (χ0) is 11.9. The van der Waals surface area contributed by atoms with E-state index in [0.29, 0.717) is 0 Å². The van der Waals surface area contributed by atoms with Crippen LogP contribution in [0.15, 0.2) is 36.5 Å². The summed E-state index contributed by atoms with van der Waals surface area (Å²) < 4.78 is 0. The minimum atomic E-state index is 1.10. The zero-order valence-electron chi connectivity index (χ0n) is 11.1. The van der Waals surface area contributed by atoms with Crippen molar-refractivity contribution in [1.29, 1.82) is 0 Å². The first-order chi connectivity index (χ1) is 7.91. The van der Waals surface area contributed by atoms with Crippen LogP contribution in [0, 0.1) is 0 Å². The van der Waals surface area contributed by atoms with E-state index in [1.165, 1.54) is 44.9 Å². The number of hydrogen-bond acceptors (Lipinski definition) is 0. The SMILES string of the molecule is CCCC=CCC=CCCCC=CCCC. The van der Waals surface area contributed by atoms with Crippen molar-refractivity contribution in [2.45, 2.75) is 65.2 Å². The lowest BCUT2D eigenvalue weighted by Crippen LogP contribution is -1.70. The van der Waals surface area contributed by atoms with Gasteiger partial charge in [-0.25, -0.2) is 0 Å². The molecule has 0 aliphatic rings. The third-order valence-electron chi connectivity index (χ3n) is 2.42. The standard InChI is InChI=1S/C16H28/c1-3-5-7-9-11-13-15-16-14-12-10-8-6-4-2/h7-10,13,15H,3-6,11-12,14,16H2,1-2H3. The molecule has 0 aromatic carbocycles. The molecule has 0 saturated heterocycles. The first kappa shape index (κ1) is 15.2. The Balaban J connectivity index is 3.21. The molecule has 0 N–H and O–H groups in total. The van der Waals surface area contributed by atoms with Gasteiger partial charge in [0.15, 0.2) is 0 Å². The minimum Gasteiger partial charge on any atom is -0.0885 e. The van der Waals surface area contributed by atoms with Crippen molar-refractivity contribution in [2.75, 3.05) is 0 Å². The highest BCUT2D eigenvalue weighted by Gasteiger charge is 1.80. The summed E-state index contributed by atoms with van der Waals surface area (Å²) in [7, 11) is 0. The molecule has 92 valence electrons. The van der Waals surface area contributed by atoms with Gasteiger partial charge in [0.2, 0.25) is 0 Å². The van der Waals surface area contributed by atoms with Crippen LogP contribution >= 0.6 is 0 Å². The van der Waals surface area contributed by atoms with Crippen LogP contribution in [0.1, 0.15) is 65.2 Å². The Bertz CT molecular complexity index is 196. The minimum absolute atomic E-state index is 1.10. The molecule has 0 aromatic heterocycles. The second-order valence-corrected chi connectivity index (χ2v) is 4.16. The average molecular weight is 220 g/mol. The molecular weight excluding hydrogens is 192 g/mol. The third-order valence-corrected chi connectivity index (χ3v) is 2.42. The first-order valence-corrected chi connectivity index (χ1v) is 6.86. The van der Waals surface area contributed by atoms with Gasteiger partial charge in [0.25, 0.3) is 0 Å². The molecule has 0 saturated carbocycles. The van der Waals surface area contributed by atoms with Gasteiger partial charge in [-0.15, -0.1) is 0 Å². The predicted molar refractivity (Wildman–Crippen MR) is 75.7 cm³/mol. The molecule has 0 nitrogen and oxygen atoms in total. The van der Waals surface area contributed by atoms with Crippen molar-refractivity contribution in [3.63, 3.8) is 0 Å². The summed E-state index contributed by atoms with van der Waals surface area (Å²) in [5, 5.41) is 0. The lowest BCUT2D eigenvalue weighted by molar-refractivity contribution is 0.857. The van der Waals surface area contributed by atoms with E-state index in [1.54, 1.807) is 0 Å². The fourth-order valence-corrected chi connectivity index (χ4v) is 1.43. The molecule has 0 unspecified atom stereocenters. The summed E-state index contributed by atoms with van der Waals surface area (Å²) in [6.45, 7) is 4.44. The van der Waals surface area contributed by atoms with E-state index in [4.69, 9.17) is 0 Å². The molecule has 0 atom stereocenters. The van der Waals surface area contributed by atoms with Gasteiger partial charge in [0, 0.05) is 0 Å². The van der Waals surface area contributed by atoms with Crippen molar-refractivity contribution in [2.24, 2.45) is 0 Å². The quantitative estimate of drug-likeness (QED) is 0.321. The molecule has 0 spiro atoms. The molecule has 0 amide bonds. The van der Waals surface area contributed by atoms with E-state index in [2.05, 4.69) is 50.3 Å². The number of hydrogen-bond donors (Lipinski definition) is 0. The maximum atomic E-state index is 2.32. The Hall–Kier alpha value is -0.780. The predicted octanol–water partition coefficient (Wildman–Crippen LogP) is 5.82. The Labute approximate surface area is 102 Å². The summed E-state index contributed by atoms with van der Waals surface area (Å²) in [5.74, 6) is 0. The van der Waals surface area contributed by atoms with Crippen molar-refractivity contribution in [3.05, 3.63) is 36.5 Å². The van der Waals surface area contributed by atoms with E-state index in [0.717, 1.165) is 6.42 Å². The Kier molecular flexibility index (Phi) is 13.5. The summed E-state index contributed by atoms with van der Waals surface area (Å²) in [4.78, 5) is 0. The highest BCUT2D eigenvalue weighted by Crippen LogP contribution is 2.01. The van der Waals surface area contributed by atoms with Gasteiger partial charge in [0.05, 0.1) is 0 Å². The Morgan fingerprint density at radius 3 is 1.56 bits per heavy atom. The van der Waals surface area contributed by atoms with Crippen LogP contribution in [0.2, 0.25) is 0 Å². The fourth-order valence-electron chi connectivity index (χ4n) is 1.43. The monoisotopic (exact) mass is 220 g/mol. The van der Waals surface area contributed by atoms with Crippen molar-refractivity contribution >= 4 is 0 Å². The second-order valence-electron chi connectivity index (χ2n) is 4.16. The van der Waals surface area contributed by atoms with Gasteiger partial charge < -0.3 is 0 Å². The smallest absolute Gasteiger partial charge is 0.0169 e. The molecule has 0 aliphatic carbocycles. The molecule has 0 fully saturated rings. The van der Waals surface area contributed by atoms with Crippen LogP contribution in [-0.2, 0) is 0 Å². The van der Waals surface area contributed by atoms with E-state index in [9.17, 15) is 0 Å². The molecular formula is C16H28. The second kappa shape index (κ2) is 14.2. The molecule has 0 heteroatoms. The molecule has 0 radical (unpaired) electrons. The summed E-state index contributed by atoms with van der Waals surface area (Å²) in [6, 6.07) is 0. The van der Waals surface area contributed by atoms with Crippen LogP contribution in [0.5, 0.6) is 0 Å². The van der Waals surface area contributed by atoms with E-state index in [-0.39, 0.29) is 0 Å². The highest BCUT2D eigenvalue weighted by atomic mass is 13.9. The number of unbranched alkanes of at least 4 members (excludes halogenated alkanes) is 4. The van der Waals surface area contributed by atoms with Gasteiger partial charge in [-0.3, -0.25) is 0 Å². The topological polar surface area (TPSA) is 0 Å². The molecule has 0 aromatic rings. The maximum Gasteiger partial charge on any atom is -0.0169 e. The lowest BCUT2D eigenvalue weighted by Gasteiger charge is -1.90. The summed E-state index contributed by atoms with van der Waals surface area (Å²) in [5.41, 5.74) is 0. The van der Waals surface area contributed by atoms with Crippen molar-refractivity contribution in [3.8, 4) is 0 Å². The Morgan fingerprint density at radius 1 is 0.562 bits per heavy atom. The highest BCUT2D eigenvalue weighted by molar-refractivity contribution is 4.93. The zero-order valence-corrected chi connectivity index (χ0v) is 11.1. The number of allylic oxidation sites excluding steroid dienone is 6. The molecule has 0 rings (SSSR count). The largest absolute Gasteiger partial charge is 0.0885 e. The summed E-state index contributed by atoms with van der Waals surface area (Å²) >= 11 is 0. The van der Waals surface area contributed by atoms with Gasteiger partial charge in [-0.05, 0) is 38.5 Å². The average Bonchev–Trinajstić information content (AvgIpc) is 2.31. The van der Waals surface area contributed by atoms with Crippen LogP contribution in [0.3, 0.4) is 0 Å². The number of rotatable bonds is 10. The van der Waals surface area contributed by atoms with Gasteiger partial charge in [-0.2, -0.15) is 0 Å². The third kappa shape index (κ3) is 13.2. The van der Waals surface area contributed by atoms with Crippen LogP contribution in [-0.4, -0.2) is 0 Å². The van der Waals surface area contributed by atoms with Gasteiger partial charge in [0.1, 0.15) is 0 Å².